The maximum atomic E-state index is 12.1. The minimum atomic E-state index is -4.12. The van der Waals surface area contributed by atoms with Gasteiger partial charge in [-0.05, 0) is 37.1 Å². The molecule has 1 aromatic carbocycles. The van der Waals surface area contributed by atoms with E-state index in [2.05, 4.69) is 5.32 Å². The van der Waals surface area contributed by atoms with Gasteiger partial charge in [0.25, 0.3) is 0 Å². The molecular weight excluding hydrogens is 251 g/mol. The summed E-state index contributed by atoms with van der Waals surface area (Å²) in [6.45, 7) is 3.83. The maximum absolute atomic E-state index is 12.1. The van der Waals surface area contributed by atoms with Crippen molar-refractivity contribution < 1.29 is 13.2 Å². The molecule has 96 valence electrons. The highest BCUT2D eigenvalue weighted by Gasteiger charge is 2.29. The molecule has 1 aromatic rings. The molecule has 0 saturated heterocycles. The van der Waals surface area contributed by atoms with E-state index in [1.165, 1.54) is 6.92 Å². The van der Waals surface area contributed by atoms with Crippen LogP contribution < -0.4 is 5.32 Å². The summed E-state index contributed by atoms with van der Waals surface area (Å²) >= 11 is 5.80. The van der Waals surface area contributed by atoms with Gasteiger partial charge in [0, 0.05) is 17.6 Å². The van der Waals surface area contributed by atoms with Crippen LogP contribution in [0.3, 0.4) is 0 Å². The third-order valence-corrected chi connectivity index (χ3v) is 2.72. The molecule has 1 rings (SSSR count). The number of halogens is 4. The molecular formula is C12H15ClF3N. The number of hydrogen-bond donors (Lipinski definition) is 1. The summed E-state index contributed by atoms with van der Waals surface area (Å²) < 4.78 is 36.3. The van der Waals surface area contributed by atoms with Gasteiger partial charge in [0.05, 0.1) is 6.42 Å². The fraction of sp³-hybridized carbons (Fsp3) is 0.500. The molecule has 17 heavy (non-hydrogen) atoms. The van der Waals surface area contributed by atoms with Crippen molar-refractivity contribution in [2.45, 2.75) is 39.0 Å². The number of aryl methyl sites for hydroxylation is 1. The van der Waals surface area contributed by atoms with Crippen LogP contribution in [0.4, 0.5) is 13.2 Å². The van der Waals surface area contributed by atoms with E-state index in [9.17, 15) is 13.2 Å². The van der Waals surface area contributed by atoms with Crippen LogP contribution in [-0.4, -0.2) is 12.2 Å². The highest BCUT2D eigenvalue weighted by Crippen LogP contribution is 2.21. The molecule has 5 heteroatoms. The largest absolute Gasteiger partial charge is 0.390 e. The Hall–Kier alpha value is -0.740. The Morgan fingerprint density at radius 1 is 1.35 bits per heavy atom. The van der Waals surface area contributed by atoms with E-state index < -0.39 is 18.6 Å². The molecule has 0 aromatic heterocycles. The van der Waals surface area contributed by atoms with Gasteiger partial charge in [-0.2, -0.15) is 13.2 Å². The van der Waals surface area contributed by atoms with E-state index in [1.54, 1.807) is 12.1 Å². The average Bonchev–Trinajstić information content (AvgIpc) is 2.13. The molecule has 0 aliphatic carbocycles. The first kappa shape index (κ1) is 14.3. The predicted molar refractivity (Wildman–Crippen MR) is 63.2 cm³/mol. The summed E-state index contributed by atoms with van der Waals surface area (Å²) in [7, 11) is 0. The Labute approximate surface area is 104 Å². The molecule has 0 fully saturated rings. The lowest BCUT2D eigenvalue weighted by Crippen LogP contribution is -2.30. The minimum absolute atomic E-state index is 0.417. The first-order valence-corrected chi connectivity index (χ1v) is 5.71. The summed E-state index contributed by atoms with van der Waals surface area (Å²) in [6, 6.07) is 4.77. The van der Waals surface area contributed by atoms with Crippen molar-refractivity contribution >= 4 is 11.6 Å². The lowest BCUT2D eigenvalue weighted by atomic mass is 10.1. The van der Waals surface area contributed by atoms with Crippen LogP contribution in [0.2, 0.25) is 5.02 Å². The summed E-state index contributed by atoms with van der Waals surface area (Å²) in [5, 5.41) is 3.49. The van der Waals surface area contributed by atoms with Crippen molar-refractivity contribution in [2.75, 3.05) is 0 Å². The van der Waals surface area contributed by atoms with E-state index in [4.69, 9.17) is 11.6 Å². The van der Waals surface area contributed by atoms with Crippen LogP contribution >= 0.6 is 11.6 Å². The topological polar surface area (TPSA) is 12.0 Å². The van der Waals surface area contributed by atoms with Gasteiger partial charge in [-0.15, -0.1) is 0 Å². The van der Waals surface area contributed by atoms with Crippen molar-refractivity contribution in [3.8, 4) is 0 Å². The normalized spacial score (nSPS) is 13.8. The summed E-state index contributed by atoms with van der Waals surface area (Å²) in [5.74, 6) is 0. The molecule has 0 aliphatic heterocycles. The monoisotopic (exact) mass is 265 g/mol. The Bertz CT molecular complexity index is 377. The van der Waals surface area contributed by atoms with Gasteiger partial charge >= 0.3 is 6.18 Å². The molecule has 1 atom stereocenters. The average molecular weight is 266 g/mol. The van der Waals surface area contributed by atoms with Crippen LogP contribution in [-0.2, 0) is 6.54 Å². The maximum Gasteiger partial charge on any atom is 0.390 e. The number of rotatable bonds is 4. The second-order valence-corrected chi connectivity index (χ2v) is 4.61. The van der Waals surface area contributed by atoms with Gasteiger partial charge < -0.3 is 5.32 Å². The first-order chi connectivity index (χ1) is 7.78. The highest BCUT2D eigenvalue weighted by atomic mass is 35.5. The lowest BCUT2D eigenvalue weighted by molar-refractivity contribution is -0.139. The third kappa shape index (κ3) is 5.41. The lowest BCUT2D eigenvalue weighted by Gasteiger charge is -2.16. The Balaban J connectivity index is 2.50. The number of hydrogen-bond acceptors (Lipinski definition) is 1. The van der Waals surface area contributed by atoms with Crippen molar-refractivity contribution in [2.24, 2.45) is 0 Å². The van der Waals surface area contributed by atoms with Gasteiger partial charge in [0.2, 0.25) is 0 Å². The Morgan fingerprint density at radius 3 is 2.53 bits per heavy atom. The standard InChI is InChI=1S/C12H15ClF3N/c1-8-5-11(13)4-3-10(8)7-17-9(2)6-12(14,15)16/h3-5,9,17H,6-7H2,1-2H3. The fourth-order valence-corrected chi connectivity index (χ4v) is 1.79. The molecule has 0 aliphatic rings. The van der Waals surface area contributed by atoms with Crippen molar-refractivity contribution in [3.05, 3.63) is 34.3 Å². The van der Waals surface area contributed by atoms with Crippen molar-refractivity contribution in [1.82, 2.24) is 5.32 Å². The van der Waals surface area contributed by atoms with Crippen LogP contribution in [0.25, 0.3) is 0 Å². The Morgan fingerprint density at radius 2 is 2.00 bits per heavy atom. The van der Waals surface area contributed by atoms with E-state index >= 15 is 0 Å². The molecule has 0 spiro atoms. The SMILES string of the molecule is Cc1cc(Cl)ccc1CNC(C)CC(F)(F)F. The number of nitrogens with one attached hydrogen (secondary N) is 1. The third-order valence-electron chi connectivity index (χ3n) is 2.48. The molecule has 1 unspecified atom stereocenters. The molecule has 0 amide bonds. The van der Waals surface area contributed by atoms with Gasteiger partial charge in [0.15, 0.2) is 0 Å². The van der Waals surface area contributed by atoms with Crippen molar-refractivity contribution in [1.29, 1.82) is 0 Å². The van der Waals surface area contributed by atoms with Gasteiger partial charge in [0.1, 0.15) is 0 Å². The van der Waals surface area contributed by atoms with Crippen molar-refractivity contribution in [3.63, 3.8) is 0 Å². The molecule has 0 radical (unpaired) electrons. The fourth-order valence-electron chi connectivity index (χ4n) is 1.56. The van der Waals surface area contributed by atoms with Gasteiger partial charge in [-0.25, -0.2) is 0 Å². The summed E-state index contributed by atoms with van der Waals surface area (Å²) in [6.07, 6.45) is -4.94. The van der Waals surface area contributed by atoms with Crippen LogP contribution in [0, 0.1) is 6.92 Å². The molecule has 1 nitrogen and oxygen atoms in total. The zero-order chi connectivity index (χ0) is 13.1. The molecule has 0 bridgehead atoms. The summed E-state index contributed by atoms with van der Waals surface area (Å²) in [5.41, 5.74) is 1.94. The molecule has 1 N–H and O–H groups in total. The van der Waals surface area contributed by atoms with Gasteiger partial charge in [-0.3, -0.25) is 0 Å². The predicted octanol–water partition coefficient (Wildman–Crippen LogP) is 4.08. The van der Waals surface area contributed by atoms with Crippen LogP contribution in [0.1, 0.15) is 24.5 Å². The van der Waals surface area contributed by atoms with E-state index in [-0.39, 0.29) is 0 Å². The highest BCUT2D eigenvalue weighted by molar-refractivity contribution is 6.30. The molecule has 0 heterocycles. The zero-order valence-corrected chi connectivity index (χ0v) is 10.5. The van der Waals surface area contributed by atoms with E-state index in [1.807, 2.05) is 13.0 Å². The van der Waals surface area contributed by atoms with Gasteiger partial charge in [-0.1, -0.05) is 17.7 Å². The zero-order valence-electron chi connectivity index (χ0n) is 9.74. The quantitative estimate of drug-likeness (QED) is 0.865. The molecule has 0 saturated carbocycles. The van der Waals surface area contributed by atoms with Crippen LogP contribution in [0.15, 0.2) is 18.2 Å². The second kappa shape index (κ2) is 5.74. The number of alkyl halides is 3. The minimum Gasteiger partial charge on any atom is -0.310 e. The first-order valence-electron chi connectivity index (χ1n) is 5.33. The number of benzene rings is 1. The smallest absolute Gasteiger partial charge is 0.310 e. The van der Waals surface area contributed by atoms with E-state index in [0.29, 0.717) is 11.6 Å². The summed E-state index contributed by atoms with van der Waals surface area (Å²) in [4.78, 5) is 0. The van der Waals surface area contributed by atoms with E-state index in [0.717, 1.165) is 11.1 Å². The Kier molecular flexibility index (Phi) is 4.83. The second-order valence-electron chi connectivity index (χ2n) is 4.17. The van der Waals surface area contributed by atoms with Crippen LogP contribution in [0.5, 0.6) is 0 Å².